The lowest BCUT2D eigenvalue weighted by atomic mass is 9.87. The molecule has 0 bridgehead atoms. The quantitative estimate of drug-likeness (QED) is 0.671. The first-order valence-corrected chi connectivity index (χ1v) is 5.69. The van der Waals surface area contributed by atoms with Gasteiger partial charge in [-0.25, -0.2) is 0 Å². The highest BCUT2D eigenvalue weighted by Crippen LogP contribution is 2.30. The Hall–Kier alpha value is -0.120. The van der Waals surface area contributed by atoms with Gasteiger partial charge in [0.15, 0.2) is 0 Å². The van der Waals surface area contributed by atoms with Crippen molar-refractivity contribution in [2.45, 2.75) is 51.1 Å². The van der Waals surface area contributed by atoms with E-state index in [0.717, 1.165) is 13.0 Å². The number of nitrogens with zero attached hydrogens (tertiary/aromatic N) is 1. The third kappa shape index (κ3) is 2.69. The number of hydrogen-bond donors (Lipinski definition) is 2. The van der Waals surface area contributed by atoms with E-state index in [2.05, 4.69) is 18.7 Å². The van der Waals surface area contributed by atoms with Gasteiger partial charge in [0, 0.05) is 31.3 Å². The van der Waals surface area contributed by atoms with Gasteiger partial charge < -0.3 is 10.8 Å². The number of aliphatic hydroxyl groups excluding tert-OH is 1. The molecule has 0 unspecified atom stereocenters. The largest absolute Gasteiger partial charge is 0.396 e. The minimum atomic E-state index is 0.0836. The molecule has 1 aliphatic carbocycles. The van der Waals surface area contributed by atoms with Crippen molar-refractivity contribution in [3.05, 3.63) is 0 Å². The molecular weight excluding hydrogens is 176 g/mol. The topological polar surface area (TPSA) is 49.5 Å². The van der Waals surface area contributed by atoms with Crippen molar-refractivity contribution >= 4 is 0 Å². The van der Waals surface area contributed by atoms with Gasteiger partial charge in [-0.1, -0.05) is 6.42 Å². The minimum absolute atomic E-state index is 0.0836. The summed E-state index contributed by atoms with van der Waals surface area (Å²) in [6.07, 6.45) is 4.81. The van der Waals surface area contributed by atoms with Crippen molar-refractivity contribution < 1.29 is 5.11 Å². The predicted octanol–water partition coefficient (Wildman–Crippen LogP) is 0.961. The van der Waals surface area contributed by atoms with Crippen LogP contribution < -0.4 is 5.73 Å². The fraction of sp³-hybridized carbons (Fsp3) is 1.00. The molecule has 0 saturated heterocycles. The summed E-state index contributed by atoms with van der Waals surface area (Å²) >= 11 is 0. The van der Waals surface area contributed by atoms with Gasteiger partial charge >= 0.3 is 0 Å². The number of hydrogen-bond acceptors (Lipinski definition) is 3. The number of nitrogens with two attached hydrogens (primary N) is 1. The molecule has 14 heavy (non-hydrogen) atoms. The van der Waals surface area contributed by atoms with Crippen molar-refractivity contribution in [3.63, 3.8) is 0 Å². The smallest absolute Gasteiger partial charge is 0.0443 e. The van der Waals surface area contributed by atoms with E-state index in [1.165, 1.54) is 19.3 Å². The van der Waals surface area contributed by atoms with Crippen LogP contribution in [0.1, 0.15) is 39.5 Å². The molecule has 3 N–H and O–H groups in total. The highest BCUT2D eigenvalue weighted by atomic mass is 16.3. The van der Waals surface area contributed by atoms with Gasteiger partial charge in [-0.15, -0.1) is 0 Å². The third-order valence-electron chi connectivity index (χ3n) is 3.35. The molecule has 1 fully saturated rings. The first kappa shape index (κ1) is 12.0. The molecule has 1 rings (SSSR count). The average Bonchev–Trinajstić information content (AvgIpc) is 2.08. The first-order chi connectivity index (χ1) is 6.61. The molecule has 0 atom stereocenters. The zero-order valence-corrected chi connectivity index (χ0v) is 9.50. The summed E-state index contributed by atoms with van der Waals surface area (Å²) < 4.78 is 0. The summed E-state index contributed by atoms with van der Waals surface area (Å²) in [6, 6.07) is 0.708. The second kappa shape index (κ2) is 5.10. The Morgan fingerprint density at radius 2 is 2.07 bits per heavy atom. The van der Waals surface area contributed by atoms with Crippen molar-refractivity contribution in [2.24, 2.45) is 5.73 Å². The van der Waals surface area contributed by atoms with E-state index >= 15 is 0 Å². The van der Waals surface area contributed by atoms with Crippen LogP contribution in [0.2, 0.25) is 0 Å². The van der Waals surface area contributed by atoms with Crippen molar-refractivity contribution in [1.29, 1.82) is 0 Å². The maximum Gasteiger partial charge on any atom is 0.0443 e. The lowest BCUT2D eigenvalue weighted by molar-refractivity contribution is 0.0286. The maximum absolute atomic E-state index is 8.87. The Labute approximate surface area is 87.3 Å². The summed E-state index contributed by atoms with van der Waals surface area (Å²) in [4.78, 5) is 2.48. The summed E-state index contributed by atoms with van der Waals surface area (Å²) in [7, 11) is 0. The maximum atomic E-state index is 8.87. The first-order valence-electron chi connectivity index (χ1n) is 5.69. The van der Waals surface area contributed by atoms with E-state index in [1.54, 1.807) is 0 Å². The minimum Gasteiger partial charge on any atom is -0.396 e. The van der Waals surface area contributed by atoms with Gasteiger partial charge in [-0.3, -0.25) is 4.90 Å². The molecule has 0 heterocycles. The van der Waals surface area contributed by atoms with Crippen LogP contribution >= 0.6 is 0 Å². The molecule has 3 nitrogen and oxygen atoms in total. The Balaban J connectivity index is 2.50. The molecule has 0 aliphatic heterocycles. The molecule has 0 aromatic carbocycles. The Bertz CT molecular complexity index is 167. The van der Waals surface area contributed by atoms with Gasteiger partial charge in [-0.2, -0.15) is 0 Å². The molecule has 1 aliphatic rings. The van der Waals surface area contributed by atoms with Crippen LogP contribution in [0.3, 0.4) is 0 Å². The number of rotatable bonds is 6. The molecular formula is C11H24N2O. The molecule has 3 heteroatoms. The Kier molecular flexibility index (Phi) is 4.35. The standard InChI is InChI=1S/C11H24N2O/c1-11(2,9-12)13(7-4-8-14)10-5-3-6-10/h10,14H,3-9,12H2,1-2H3. The molecule has 0 amide bonds. The van der Waals surface area contributed by atoms with Gasteiger partial charge in [0.1, 0.15) is 0 Å². The Morgan fingerprint density at radius 1 is 1.43 bits per heavy atom. The zero-order chi connectivity index (χ0) is 10.6. The normalized spacial score (nSPS) is 18.6. The molecule has 0 spiro atoms. The van der Waals surface area contributed by atoms with E-state index in [9.17, 15) is 0 Å². The van der Waals surface area contributed by atoms with Crippen LogP contribution in [0.25, 0.3) is 0 Å². The SMILES string of the molecule is CC(C)(CN)N(CCCO)C1CCC1. The summed E-state index contributed by atoms with van der Waals surface area (Å²) in [6.45, 7) is 6.34. The second-order valence-electron chi connectivity index (χ2n) is 4.87. The van der Waals surface area contributed by atoms with E-state index in [0.29, 0.717) is 12.6 Å². The fourth-order valence-electron chi connectivity index (χ4n) is 2.04. The summed E-state index contributed by atoms with van der Waals surface area (Å²) in [5.74, 6) is 0. The van der Waals surface area contributed by atoms with Gasteiger partial charge in [0.05, 0.1) is 0 Å². The fourth-order valence-corrected chi connectivity index (χ4v) is 2.04. The highest BCUT2D eigenvalue weighted by Gasteiger charge is 2.33. The second-order valence-corrected chi connectivity index (χ2v) is 4.87. The lowest BCUT2D eigenvalue weighted by Crippen LogP contribution is -2.56. The van der Waals surface area contributed by atoms with Gasteiger partial charge in [-0.05, 0) is 33.1 Å². The van der Waals surface area contributed by atoms with Crippen molar-refractivity contribution in [3.8, 4) is 0 Å². The summed E-state index contributed by atoms with van der Waals surface area (Å²) in [5, 5.41) is 8.87. The highest BCUT2D eigenvalue weighted by molar-refractivity contribution is 4.91. The molecule has 0 radical (unpaired) electrons. The van der Waals surface area contributed by atoms with Crippen LogP contribution in [-0.4, -0.2) is 41.3 Å². The van der Waals surface area contributed by atoms with Crippen LogP contribution in [0.15, 0.2) is 0 Å². The van der Waals surface area contributed by atoms with E-state index < -0.39 is 0 Å². The average molecular weight is 200 g/mol. The van der Waals surface area contributed by atoms with Gasteiger partial charge in [0.2, 0.25) is 0 Å². The zero-order valence-electron chi connectivity index (χ0n) is 9.50. The molecule has 0 aromatic rings. The van der Waals surface area contributed by atoms with Crippen molar-refractivity contribution in [2.75, 3.05) is 19.7 Å². The van der Waals surface area contributed by atoms with E-state index in [1.807, 2.05) is 0 Å². The lowest BCUT2D eigenvalue weighted by Gasteiger charge is -2.47. The monoisotopic (exact) mass is 200 g/mol. The van der Waals surface area contributed by atoms with Crippen LogP contribution in [-0.2, 0) is 0 Å². The van der Waals surface area contributed by atoms with Crippen LogP contribution in [0.5, 0.6) is 0 Å². The predicted molar refractivity (Wildman–Crippen MR) is 59.2 cm³/mol. The van der Waals surface area contributed by atoms with Crippen LogP contribution in [0, 0.1) is 0 Å². The Morgan fingerprint density at radius 3 is 2.43 bits per heavy atom. The summed E-state index contributed by atoms with van der Waals surface area (Å²) in [5.41, 5.74) is 5.87. The van der Waals surface area contributed by atoms with E-state index in [4.69, 9.17) is 10.8 Å². The molecule has 1 saturated carbocycles. The number of aliphatic hydroxyl groups is 1. The van der Waals surface area contributed by atoms with Crippen LogP contribution in [0.4, 0.5) is 0 Å². The molecule has 0 aromatic heterocycles. The molecule has 84 valence electrons. The van der Waals surface area contributed by atoms with E-state index in [-0.39, 0.29) is 12.1 Å². The third-order valence-corrected chi connectivity index (χ3v) is 3.35. The van der Waals surface area contributed by atoms with Gasteiger partial charge in [0.25, 0.3) is 0 Å². The van der Waals surface area contributed by atoms with Crippen molar-refractivity contribution in [1.82, 2.24) is 4.90 Å².